The van der Waals surface area contributed by atoms with Crippen LogP contribution in [-0.4, -0.2) is 41.6 Å². The highest BCUT2D eigenvalue weighted by Gasteiger charge is 2.36. The van der Waals surface area contributed by atoms with Crippen LogP contribution in [0.25, 0.3) is 6.08 Å². The van der Waals surface area contributed by atoms with Crippen molar-refractivity contribution in [2.24, 2.45) is 0 Å². The molecule has 0 aromatic heterocycles. The Kier molecular flexibility index (Phi) is 7.33. The van der Waals surface area contributed by atoms with Gasteiger partial charge in [-0.3, -0.25) is 19.3 Å². The largest absolute Gasteiger partial charge is 0.494 e. The molecule has 0 spiro atoms. The molecule has 1 aliphatic rings. The third-order valence-corrected chi connectivity index (χ3v) is 5.66. The van der Waals surface area contributed by atoms with E-state index in [1.165, 1.54) is 0 Å². The number of rotatable bonds is 8. The number of imide groups is 1. The van der Waals surface area contributed by atoms with Crippen molar-refractivity contribution in [3.8, 4) is 11.5 Å². The van der Waals surface area contributed by atoms with Gasteiger partial charge in [0.1, 0.15) is 11.5 Å². The monoisotopic (exact) mass is 489 g/mol. The van der Waals surface area contributed by atoms with Crippen molar-refractivity contribution in [3.05, 3.63) is 63.0 Å². The number of nitrogens with zero attached hydrogens (tertiary/aromatic N) is 1. The summed E-state index contributed by atoms with van der Waals surface area (Å²) in [5.74, 6) is 0.418. The lowest BCUT2D eigenvalue weighted by Crippen LogP contribution is -2.33. The smallest absolute Gasteiger partial charge is 0.293 e. The first-order valence-corrected chi connectivity index (χ1v) is 11.0. The maximum absolute atomic E-state index is 12.8. The molecule has 1 heterocycles. The van der Waals surface area contributed by atoms with Crippen LogP contribution in [0, 0.1) is 0 Å². The molecule has 0 unspecified atom stereocenters. The first-order valence-electron chi connectivity index (χ1n) is 9.36. The van der Waals surface area contributed by atoms with Crippen molar-refractivity contribution in [2.75, 3.05) is 19.8 Å². The molecule has 0 saturated carbocycles. The van der Waals surface area contributed by atoms with Gasteiger partial charge in [0.05, 0.1) is 24.7 Å². The van der Waals surface area contributed by atoms with E-state index in [9.17, 15) is 14.4 Å². The first kappa shape index (κ1) is 22.1. The van der Waals surface area contributed by atoms with Gasteiger partial charge in [-0.1, -0.05) is 28.1 Å². The summed E-state index contributed by atoms with van der Waals surface area (Å²) < 4.78 is 12.0. The molecule has 1 aliphatic heterocycles. The molecule has 2 aromatic rings. The Balaban J connectivity index is 1.80. The molecule has 1 fully saturated rings. The van der Waals surface area contributed by atoms with Crippen molar-refractivity contribution >= 4 is 50.7 Å². The summed E-state index contributed by atoms with van der Waals surface area (Å²) in [4.78, 5) is 38.8. The van der Waals surface area contributed by atoms with Crippen molar-refractivity contribution in [2.45, 2.75) is 13.8 Å². The van der Waals surface area contributed by atoms with Crippen LogP contribution < -0.4 is 9.47 Å². The zero-order valence-corrected chi connectivity index (χ0v) is 18.9. The predicted molar refractivity (Wildman–Crippen MR) is 120 cm³/mol. The van der Waals surface area contributed by atoms with E-state index < -0.39 is 11.1 Å². The molecule has 0 bridgehead atoms. The molecule has 2 amide bonds. The molecule has 0 aliphatic carbocycles. The fraction of sp³-hybridized carbons (Fsp3) is 0.227. The Bertz CT molecular complexity index is 1000. The van der Waals surface area contributed by atoms with Gasteiger partial charge in [0.2, 0.25) is 0 Å². The second-order valence-electron chi connectivity index (χ2n) is 6.26. The van der Waals surface area contributed by atoms with Crippen LogP contribution in [0.4, 0.5) is 4.79 Å². The number of benzene rings is 2. The lowest BCUT2D eigenvalue weighted by molar-refractivity contribution is -0.122. The minimum atomic E-state index is -0.494. The third kappa shape index (κ3) is 5.12. The average molecular weight is 490 g/mol. The summed E-state index contributed by atoms with van der Waals surface area (Å²) in [7, 11) is 0. The lowest BCUT2D eigenvalue weighted by Gasteiger charge is -2.12. The number of halogens is 1. The fourth-order valence-electron chi connectivity index (χ4n) is 2.82. The summed E-state index contributed by atoms with van der Waals surface area (Å²) in [6.45, 7) is 4.42. The normalized spacial score (nSPS) is 15.0. The van der Waals surface area contributed by atoms with E-state index in [0.717, 1.165) is 21.1 Å². The lowest BCUT2D eigenvalue weighted by atomic mass is 10.1. The molecule has 0 N–H and O–H groups in total. The van der Waals surface area contributed by atoms with Crippen LogP contribution in [0.1, 0.15) is 29.8 Å². The minimum absolute atomic E-state index is 0.244. The molecule has 3 rings (SSSR count). The standard InChI is InChI=1S/C22H20BrNO5S/c1-3-28-17-10-7-15(19(12-17)29-4-2)11-20-21(26)24(22(27)30-20)13-18(25)14-5-8-16(23)9-6-14/h5-12H,3-4,13H2,1-2H3/b20-11+. The highest BCUT2D eigenvalue weighted by molar-refractivity contribution is 9.10. The van der Waals surface area contributed by atoms with E-state index >= 15 is 0 Å². The Labute approximate surface area is 187 Å². The number of hydrogen-bond donors (Lipinski definition) is 0. The molecule has 2 aromatic carbocycles. The van der Waals surface area contributed by atoms with E-state index in [4.69, 9.17) is 9.47 Å². The van der Waals surface area contributed by atoms with Gasteiger partial charge in [-0.2, -0.15) is 0 Å². The first-order chi connectivity index (χ1) is 14.4. The van der Waals surface area contributed by atoms with Gasteiger partial charge in [-0.15, -0.1) is 0 Å². The quantitative estimate of drug-likeness (QED) is 0.376. The Morgan fingerprint density at radius 2 is 1.77 bits per heavy atom. The molecule has 0 radical (unpaired) electrons. The summed E-state index contributed by atoms with van der Waals surface area (Å²) in [5.41, 5.74) is 1.09. The molecular formula is C22H20BrNO5S. The topological polar surface area (TPSA) is 72.9 Å². The Morgan fingerprint density at radius 1 is 1.07 bits per heavy atom. The number of thioether (sulfide) groups is 1. The maximum atomic E-state index is 12.8. The Morgan fingerprint density at radius 3 is 2.43 bits per heavy atom. The fourth-order valence-corrected chi connectivity index (χ4v) is 3.91. The van der Waals surface area contributed by atoms with Crippen LogP contribution in [0.15, 0.2) is 51.8 Å². The van der Waals surface area contributed by atoms with E-state index in [0.29, 0.717) is 35.8 Å². The van der Waals surface area contributed by atoms with E-state index in [-0.39, 0.29) is 17.2 Å². The van der Waals surface area contributed by atoms with Gasteiger partial charge >= 0.3 is 0 Å². The summed E-state index contributed by atoms with van der Waals surface area (Å²) >= 11 is 4.12. The van der Waals surface area contributed by atoms with Crippen molar-refractivity contribution in [3.63, 3.8) is 0 Å². The SMILES string of the molecule is CCOc1ccc(/C=C2/SC(=O)N(CC(=O)c3ccc(Br)cc3)C2=O)c(OCC)c1. The van der Waals surface area contributed by atoms with Crippen molar-refractivity contribution in [1.29, 1.82) is 0 Å². The number of ketones is 1. The number of hydrogen-bond acceptors (Lipinski definition) is 6. The highest BCUT2D eigenvalue weighted by atomic mass is 79.9. The Hall–Kier alpha value is -2.58. The molecule has 0 atom stereocenters. The van der Waals surface area contributed by atoms with Crippen LogP contribution in [-0.2, 0) is 4.79 Å². The van der Waals surface area contributed by atoms with Crippen molar-refractivity contribution in [1.82, 2.24) is 4.90 Å². The second-order valence-corrected chi connectivity index (χ2v) is 8.17. The minimum Gasteiger partial charge on any atom is -0.494 e. The van der Waals surface area contributed by atoms with Crippen LogP contribution >= 0.6 is 27.7 Å². The summed E-state index contributed by atoms with van der Waals surface area (Å²) in [5, 5.41) is -0.472. The zero-order valence-electron chi connectivity index (χ0n) is 16.5. The second kappa shape index (κ2) is 9.95. The van der Waals surface area contributed by atoms with Gasteiger partial charge in [-0.25, -0.2) is 0 Å². The number of ether oxygens (including phenoxy) is 2. The van der Waals surface area contributed by atoms with E-state index in [1.54, 1.807) is 48.5 Å². The molecule has 8 heteroatoms. The van der Waals surface area contributed by atoms with Gasteiger partial charge < -0.3 is 9.47 Å². The summed E-state index contributed by atoms with van der Waals surface area (Å²) in [6, 6.07) is 12.1. The van der Waals surface area contributed by atoms with E-state index in [1.807, 2.05) is 13.8 Å². The summed E-state index contributed by atoms with van der Waals surface area (Å²) in [6.07, 6.45) is 1.61. The van der Waals surface area contributed by atoms with Crippen LogP contribution in [0.5, 0.6) is 11.5 Å². The van der Waals surface area contributed by atoms with Crippen LogP contribution in [0.2, 0.25) is 0 Å². The van der Waals surface area contributed by atoms with Gasteiger partial charge in [-0.05, 0) is 56.0 Å². The average Bonchev–Trinajstić information content (AvgIpc) is 2.98. The van der Waals surface area contributed by atoms with Crippen molar-refractivity contribution < 1.29 is 23.9 Å². The van der Waals surface area contributed by atoms with E-state index in [2.05, 4.69) is 15.9 Å². The molecule has 156 valence electrons. The zero-order chi connectivity index (χ0) is 21.7. The third-order valence-electron chi connectivity index (χ3n) is 4.22. The van der Waals surface area contributed by atoms with Gasteiger partial charge in [0, 0.05) is 21.7 Å². The molecule has 1 saturated heterocycles. The number of amides is 2. The number of Topliss-reactive ketones (excluding diaryl/α,β-unsaturated/α-hetero) is 1. The number of carbonyl (C=O) groups excluding carboxylic acids is 3. The number of carbonyl (C=O) groups is 3. The van der Waals surface area contributed by atoms with Gasteiger partial charge in [0.25, 0.3) is 11.1 Å². The maximum Gasteiger partial charge on any atom is 0.293 e. The van der Waals surface area contributed by atoms with Gasteiger partial charge in [0.15, 0.2) is 5.78 Å². The highest BCUT2D eigenvalue weighted by Crippen LogP contribution is 2.35. The molecular weight excluding hydrogens is 470 g/mol. The predicted octanol–water partition coefficient (Wildman–Crippen LogP) is 5.17. The molecule has 6 nitrogen and oxygen atoms in total. The van der Waals surface area contributed by atoms with Crippen LogP contribution in [0.3, 0.4) is 0 Å². The molecule has 30 heavy (non-hydrogen) atoms.